The Balaban J connectivity index is 2.24. The fourth-order valence-electron chi connectivity index (χ4n) is 1.40. The van der Waals surface area contributed by atoms with E-state index >= 15 is 0 Å². The molecule has 3 N–H and O–H groups in total. The van der Waals surface area contributed by atoms with Crippen LogP contribution in [0.3, 0.4) is 0 Å². The van der Waals surface area contributed by atoms with Crippen LogP contribution in [0.15, 0.2) is 34.7 Å². The Bertz CT molecular complexity index is 543. The standard InChI is InChI=1S/C12H11FN2O2/c1-7-5-6-10(17-7)12(16)15-11-8(13)3-2-4-9(11)14/h2-6H,14H2,1H3,(H,15,16). The second-order valence-electron chi connectivity index (χ2n) is 3.57. The molecule has 0 unspecified atom stereocenters. The minimum absolute atomic E-state index is 0.0356. The average molecular weight is 234 g/mol. The quantitative estimate of drug-likeness (QED) is 0.784. The maximum Gasteiger partial charge on any atom is 0.291 e. The van der Waals surface area contributed by atoms with Crippen molar-refractivity contribution in [1.82, 2.24) is 0 Å². The van der Waals surface area contributed by atoms with Gasteiger partial charge < -0.3 is 15.5 Å². The van der Waals surface area contributed by atoms with E-state index in [-0.39, 0.29) is 17.1 Å². The first-order valence-corrected chi connectivity index (χ1v) is 4.99. The molecule has 1 aromatic heterocycles. The molecule has 5 heteroatoms. The highest BCUT2D eigenvalue weighted by Crippen LogP contribution is 2.22. The molecule has 0 aliphatic heterocycles. The Morgan fingerprint density at radius 2 is 2.12 bits per heavy atom. The Morgan fingerprint density at radius 3 is 2.71 bits per heavy atom. The largest absolute Gasteiger partial charge is 0.456 e. The molecular weight excluding hydrogens is 223 g/mol. The SMILES string of the molecule is Cc1ccc(C(=O)Nc2c(N)cccc2F)o1. The number of rotatable bonds is 2. The van der Waals surface area contributed by atoms with Gasteiger partial charge >= 0.3 is 0 Å². The number of hydrogen-bond donors (Lipinski definition) is 2. The molecule has 0 aliphatic rings. The van der Waals surface area contributed by atoms with E-state index in [1.807, 2.05) is 0 Å². The third-order valence-corrected chi connectivity index (χ3v) is 2.25. The number of furan rings is 1. The number of nitrogen functional groups attached to an aromatic ring is 1. The molecule has 1 heterocycles. The van der Waals surface area contributed by atoms with E-state index in [1.165, 1.54) is 24.3 Å². The van der Waals surface area contributed by atoms with Crippen molar-refractivity contribution in [1.29, 1.82) is 0 Å². The second kappa shape index (κ2) is 4.29. The summed E-state index contributed by atoms with van der Waals surface area (Å²) in [5.74, 6) is -0.390. The van der Waals surface area contributed by atoms with Crippen molar-refractivity contribution < 1.29 is 13.6 Å². The van der Waals surface area contributed by atoms with Gasteiger partial charge in [-0.1, -0.05) is 6.07 Å². The summed E-state index contributed by atoms with van der Waals surface area (Å²) in [4.78, 5) is 11.7. The van der Waals surface area contributed by atoms with Gasteiger partial charge in [0.1, 0.15) is 17.3 Å². The Hall–Kier alpha value is -2.30. The molecular formula is C12H11FN2O2. The molecule has 88 valence electrons. The Kier molecular flexibility index (Phi) is 2.82. The summed E-state index contributed by atoms with van der Waals surface area (Å²) < 4.78 is 18.5. The highest BCUT2D eigenvalue weighted by Gasteiger charge is 2.14. The Morgan fingerprint density at radius 1 is 1.35 bits per heavy atom. The van der Waals surface area contributed by atoms with Gasteiger partial charge in [0.25, 0.3) is 5.91 Å². The first-order chi connectivity index (χ1) is 8.08. The molecule has 17 heavy (non-hydrogen) atoms. The van der Waals surface area contributed by atoms with Crippen LogP contribution < -0.4 is 11.1 Å². The molecule has 0 saturated heterocycles. The number of benzene rings is 1. The maximum absolute atomic E-state index is 13.4. The van der Waals surface area contributed by atoms with Crippen molar-refractivity contribution in [2.75, 3.05) is 11.1 Å². The van der Waals surface area contributed by atoms with E-state index in [1.54, 1.807) is 13.0 Å². The normalized spacial score (nSPS) is 10.2. The number of anilines is 2. The van der Waals surface area contributed by atoms with Crippen molar-refractivity contribution >= 4 is 17.3 Å². The van der Waals surface area contributed by atoms with Crippen molar-refractivity contribution in [2.45, 2.75) is 6.92 Å². The molecule has 0 spiro atoms. The smallest absolute Gasteiger partial charge is 0.291 e. The molecule has 2 aromatic rings. The van der Waals surface area contributed by atoms with E-state index < -0.39 is 11.7 Å². The van der Waals surface area contributed by atoms with E-state index in [0.717, 1.165) is 0 Å². The predicted octanol–water partition coefficient (Wildman–Crippen LogP) is 2.56. The number of hydrogen-bond acceptors (Lipinski definition) is 3. The zero-order chi connectivity index (χ0) is 12.4. The molecule has 4 nitrogen and oxygen atoms in total. The van der Waals surface area contributed by atoms with E-state index in [0.29, 0.717) is 5.76 Å². The van der Waals surface area contributed by atoms with Crippen molar-refractivity contribution in [3.05, 3.63) is 47.7 Å². The topological polar surface area (TPSA) is 68.3 Å². The van der Waals surface area contributed by atoms with Gasteiger partial charge in [0.05, 0.1) is 5.69 Å². The van der Waals surface area contributed by atoms with Crippen LogP contribution in [-0.4, -0.2) is 5.91 Å². The zero-order valence-corrected chi connectivity index (χ0v) is 9.16. The number of aryl methyl sites for hydroxylation is 1. The summed E-state index contributed by atoms with van der Waals surface area (Å²) in [5.41, 5.74) is 5.70. The summed E-state index contributed by atoms with van der Waals surface area (Å²) in [6.07, 6.45) is 0. The summed E-state index contributed by atoms with van der Waals surface area (Å²) in [7, 11) is 0. The Labute approximate surface area is 97.2 Å². The number of halogens is 1. The molecule has 2 rings (SSSR count). The molecule has 0 fully saturated rings. The molecule has 1 amide bonds. The van der Waals surface area contributed by atoms with Crippen LogP contribution >= 0.6 is 0 Å². The minimum Gasteiger partial charge on any atom is -0.456 e. The van der Waals surface area contributed by atoms with Gasteiger partial charge in [-0.3, -0.25) is 4.79 Å². The molecule has 0 atom stereocenters. The minimum atomic E-state index is -0.582. The third kappa shape index (κ3) is 2.28. The molecule has 0 bridgehead atoms. The fraction of sp³-hybridized carbons (Fsp3) is 0.0833. The first-order valence-electron chi connectivity index (χ1n) is 4.99. The van der Waals surface area contributed by atoms with E-state index in [9.17, 15) is 9.18 Å². The van der Waals surface area contributed by atoms with Crippen molar-refractivity contribution in [2.24, 2.45) is 0 Å². The van der Waals surface area contributed by atoms with Crippen LogP contribution in [0.1, 0.15) is 16.3 Å². The molecule has 1 aromatic carbocycles. The highest BCUT2D eigenvalue weighted by atomic mass is 19.1. The van der Waals surface area contributed by atoms with Crippen LogP contribution in [0, 0.1) is 12.7 Å². The van der Waals surface area contributed by atoms with Gasteiger partial charge in [-0.25, -0.2) is 4.39 Å². The summed E-state index contributed by atoms with van der Waals surface area (Å²) in [6, 6.07) is 7.37. The lowest BCUT2D eigenvalue weighted by Gasteiger charge is -2.07. The van der Waals surface area contributed by atoms with Gasteiger partial charge in [-0.05, 0) is 31.2 Å². The van der Waals surface area contributed by atoms with Gasteiger partial charge in [-0.2, -0.15) is 0 Å². The number of para-hydroxylation sites is 1. The van der Waals surface area contributed by atoms with Crippen LogP contribution in [0.5, 0.6) is 0 Å². The van der Waals surface area contributed by atoms with Gasteiger partial charge in [0.2, 0.25) is 0 Å². The number of amides is 1. The van der Waals surface area contributed by atoms with Crippen LogP contribution in [0.4, 0.5) is 15.8 Å². The number of carbonyl (C=O) groups excluding carboxylic acids is 1. The number of carbonyl (C=O) groups is 1. The predicted molar refractivity (Wildman–Crippen MR) is 62.2 cm³/mol. The van der Waals surface area contributed by atoms with Crippen LogP contribution in [0.2, 0.25) is 0 Å². The van der Waals surface area contributed by atoms with Crippen molar-refractivity contribution in [3.63, 3.8) is 0 Å². The maximum atomic E-state index is 13.4. The second-order valence-corrected chi connectivity index (χ2v) is 3.57. The number of nitrogens with one attached hydrogen (secondary N) is 1. The lowest BCUT2D eigenvalue weighted by Crippen LogP contribution is -2.13. The van der Waals surface area contributed by atoms with Gasteiger partial charge in [0, 0.05) is 0 Å². The fourth-order valence-corrected chi connectivity index (χ4v) is 1.40. The molecule has 0 aliphatic carbocycles. The zero-order valence-electron chi connectivity index (χ0n) is 9.16. The summed E-state index contributed by atoms with van der Waals surface area (Å²) in [5, 5.41) is 2.38. The summed E-state index contributed by atoms with van der Waals surface area (Å²) in [6.45, 7) is 1.72. The van der Waals surface area contributed by atoms with Crippen molar-refractivity contribution in [3.8, 4) is 0 Å². The highest BCUT2D eigenvalue weighted by molar-refractivity contribution is 6.04. The third-order valence-electron chi connectivity index (χ3n) is 2.25. The monoisotopic (exact) mass is 234 g/mol. The van der Waals surface area contributed by atoms with E-state index in [4.69, 9.17) is 10.2 Å². The van der Waals surface area contributed by atoms with E-state index in [2.05, 4.69) is 5.32 Å². The summed E-state index contributed by atoms with van der Waals surface area (Å²) >= 11 is 0. The average Bonchev–Trinajstić information content (AvgIpc) is 2.70. The van der Waals surface area contributed by atoms with Gasteiger partial charge in [0.15, 0.2) is 5.76 Å². The molecule has 0 radical (unpaired) electrons. The van der Waals surface area contributed by atoms with Crippen LogP contribution in [-0.2, 0) is 0 Å². The first kappa shape index (κ1) is 11.2. The van der Waals surface area contributed by atoms with Gasteiger partial charge in [-0.15, -0.1) is 0 Å². The van der Waals surface area contributed by atoms with Crippen LogP contribution in [0.25, 0.3) is 0 Å². The lowest BCUT2D eigenvalue weighted by atomic mass is 10.2. The molecule has 0 saturated carbocycles. The number of nitrogens with two attached hydrogens (primary N) is 1. The lowest BCUT2D eigenvalue weighted by molar-refractivity contribution is 0.0995.